The molecule has 2 heterocycles. The number of primary amides is 1. The highest BCUT2D eigenvalue weighted by Crippen LogP contribution is 2.18. The highest BCUT2D eigenvalue weighted by atomic mass is 35.5. The Morgan fingerprint density at radius 2 is 1.95 bits per heavy atom. The zero-order valence-corrected chi connectivity index (χ0v) is 11.6. The van der Waals surface area contributed by atoms with Crippen LogP contribution in [-0.4, -0.2) is 20.0 Å². The van der Waals surface area contributed by atoms with Gasteiger partial charge in [-0.3, -0.25) is 14.2 Å². The molecule has 0 fully saturated rings. The van der Waals surface area contributed by atoms with Crippen molar-refractivity contribution in [2.45, 2.75) is 6.54 Å². The summed E-state index contributed by atoms with van der Waals surface area (Å²) in [6, 6.07) is 8.81. The smallest absolute Gasteiger partial charge is 0.278 e. The summed E-state index contributed by atoms with van der Waals surface area (Å²) in [5, 5.41) is 0.611. The summed E-state index contributed by atoms with van der Waals surface area (Å²) in [5.41, 5.74) is 6.53. The van der Waals surface area contributed by atoms with Crippen LogP contribution in [0.4, 0.5) is 0 Å². The molecule has 3 aromatic rings. The average molecular weight is 303 g/mol. The van der Waals surface area contributed by atoms with E-state index in [9.17, 15) is 9.59 Å². The molecule has 0 aliphatic carbocycles. The number of aromatic nitrogens is 3. The Hall–Kier alpha value is -2.60. The van der Waals surface area contributed by atoms with Gasteiger partial charge >= 0.3 is 0 Å². The van der Waals surface area contributed by atoms with Gasteiger partial charge in [0, 0.05) is 16.9 Å². The number of carbonyl (C=O) groups is 1. The molecule has 2 aromatic heterocycles. The highest BCUT2D eigenvalue weighted by molar-refractivity contribution is 6.30. The van der Waals surface area contributed by atoms with Crippen LogP contribution in [0.5, 0.6) is 0 Å². The van der Waals surface area contributed by atoms with Gasteiger partial charge in [-0.1, -0.05) is 11.6 Å². The summed E-state index contributed by atoms with van der Waals surface area (Å²) >= 11 is 5.87. The maximum absolute atomic E-state index is 12.5. The average Bonchev–Trinajstić information content (AvgIpc) is 2.87. The fraction of sp³-hybridized carbons (Fsp3) is 0.0714. The van der Waals surface area contributed by atoms with Crippen molar-refractivity contribution in [2.75, 3.05) is 0 Å². The van der Waals surface area contributed by atoms with Gasteiger partial charge in [0.25, 0.3) is 5.56 Å². The van der Waals surface area contributed by atoms with Crippen molar-refractivity contribution in [2.24, 2.45) is 5.73 Å². The van der Waals surface area contributed by atoms with Crippen LogP contribution in [0.3, 0.4) is 0 Å². The zero-order valence-electron chi connectivity index (χ0n) is 10.9. The number of halogens is 1. The molecule has 2 N–H and O–H groups in total. The number of hydrogen-bond donors (Lipinski definition) is 1. The number of amides is 1. The summed E-state index contributed by atoms with van der Waals surface area (Å²) in [7, 11) is 0. The highest BCUT2D eigenvalue weighted by Gasteiger charge is 2.11. The molecule has 0 aliphatic heterocycles. The van der Waals surface area contributed by atoms with E-state index in [1.807, 2.05) is 0 Å². The molecule has 7 heteroatoms. The Kier molecular flexibility index (Phi) is 3.23. The first kappa shape index (κ1) is 13.4. The molecule has 3 rings (SSSR count). The van der Waals surface area contributed by atoms with Crippen molar-refractivity contribution in [3.63, 3.8) is 0 Å². The Labute approximate surface area is 124 Å². The Morgan fingerprint density at radius 3 is 2.62 bits per heavy atom. The molecule has 0 saturated carbocycles. The molecular weight excluding hydrogens is 292 g/mol. The number of hydrogen-bond acceptors (Lipinski definition) is 3. The van der Waals surface area contributed by atoms with E-state index in [0.717, 1.165) is 5.69 Å². The third-order valence-corrected chi connectivity index (χ3v) is 3.35. The number of nitrogens with two attached hydrogens (primary N) is 1. The number of carbonyl (C=O) groups excluding carboxylic acids is 1. The largest absolute Gasteiger partial charge is 0.368 e. The molecule has 21 heavy (non-hydrogen) atoms. The van der Waals surface area contributed by atoms with E-state index in [0.29, 0.717) is 16.1 Å². The molecule has 0 spiro atoms. The predicted octanol–water partition coefficient (Wildman–Crippen LogP) is 1.33. The lowest BCUT2D eigenvalue weighted by Crippen LogP contribution is -2.28. The van der Waals surface area contributed by atoms with Gasteiger partial charge in [-0.15, -0.1) is 0 Å². The maximum atomic E-state index is 12.5. The first-order valence-electron chi connectivity index (χ1n) is 6.17. The summed E-state index contributed by atoms with van der Waals surface area (Å²) in [5.74, 6) is -0.595. The van der Waals surface area contributed by atoms with Crippen LogP contribution in [-0.2, 0) is 11.3 Å². The van der Waals surface area contributed by atoms with Gasteiger partial charge in [0.05, 0.1) is 11.8 Å². The molecule has 1 aromatic carbocycles. The van der Waals surface area contributed by atoms with Crippen molar-refractivity contribution < 1.29 is 4.79 Å². The van der Waals surface area contributed by atoms with E-state index in [-0.39, 0.29) is 12.1 Å². The van der Waals surface area contributed by atoms with Crippen molar-refractivity contribution in [3.05, 3.63) is 58.2 Å². The van der Waals surface area contributed by atoms with Crippen LogP contribution in [0.25, 0.3) is 16.7 Å². The van der Waals surface area contributed by atoms with Crippen LogP contribution in [0.2, 0.25) is 5.02 Å². The van der Waals surface area contributed by atoms with Crippen molar-refractivity contribution in [3.8, 4) is 5.69 Å². The normalized spacial score (nSPS) is 10.9. The standard InChI is InChI=1S/C14H11ClN4O2/c15-9-1-3-10(4-2-9)19-6-5-11-13(19)14(21)18(8-17-11)7-12(16)20/h1-6,8H,7H2,(H2,16,20). The van der Waals surface area contributed by atoms with Gasteiger partial charge in [-0.2, -0.15) is 0 Å². The summed E-state index contributed by atoms with van der Waals surface area (Å²) < 4.78 is 2.90. The monoisotopic (exact) mass is 302 g/mol. The zero-order chi connectivity index (χ0) is 15.0. The number of fused-ring (bicyclic) bond motifs is 1. The van der Waals surface area contributed by atoms with Crippen molar-refractivity contribution in [1.82, 2.24) is 14.1 Å². The third kappa shape index (κ3) is 2.41. The van der Waals surface area contributed by atoms with Crippen LogP contribution >= 0.6 is 11.6 Å². The van der Waals surface area contributed by atoms with E-state index in [1.165, 1.54) is 10.9 Å². The van der Waals surface area contributed by atoms with Gasteiger partial charge < -0.3 is 10.3 Å². The van der Waals surface area contributed by atoms with Crippen LogP contribution in [0, 0.1) is 0 Å². The fourth-order valence-corrected chi connectivity index (χ4v) is 2.28. The third-order valence-electron chi connectivity index (χ3n) is 3.10. The molecule has 106 valence electrons. The second-order valence-electron chi connectivity index (χ2n) is 4.54. The molecule has 0 bridgehead atoms. The quantitative estimate of drug-likeness (QED) is 0.792. The lowest BCUT2D eigenvalue weighted by molar-refractivity contribution is -0.118. The van der Waals surface area contributed by atoms with E-state index < -0.39 is 5.91 Å². The second kappa shape index (κ2) is 5.06. The summed E-state index contributed by atoms with van der Waals surface area (Å²) in [6.07, 6.45) is 3.07. The molecule has 0 radical (unpaired) electrons. The molecule has 0 saturated heterocycles. The van der Waals surface area contributed by atoms with E-state index in [2.05, 4.69) is 4.98 Å². The van der Waals surface area contributed by atoms with Crippen molar-refractivity contribution >= 4 is 28.5 Å². The summed E-state index contributed by atoms with van der Waals surface area (Å²) in [4.78, 5) is 27.6. The summed E-state index contributed by atoms with van der Waals surface area (Å²) in [6.45, 7) is -0.201. The molecule has 6 nitrogen and oxygen atoms in total. The number of benzene rings is 1. The minimum atomic E-state index is -0.595. The first-order valence-corrected chi connectivity index (χ1v) is 6.55. The molecule has 0 atom stereocenters. The van der Waals surface area contributed by atoms with Gasteiger partial charge in [0.15, 0.2) is 0 Å². The first-order chi connectivity index (χ1) is 10.1. The molecule has 1 amide bonds. The Balaban J connectivity index is 2.22. The van der Waals surface area contributed by atoms with E-state index in [4.69, 9.17) is 17.3 Å². The Morgan fingerprint density at radius 1 is 1.24 bits per heavy atom. The number of nitrogens with zero attached hydrogens (tertiary/aromatic N) is 3. The van der Waals surface area contributed by atoms with Crippen molar-refractivity contribution in [1.29, 1.82) is 0 Å². The van der Waals surface area contributed by atoms with Gasteiger partial charge in [-0.05, 0) is 30.3 Å². The molecular formula is C14H11ClN4O2. The van der Waals surface area contributed by atoms with E-state index >= 15 is 0 Å². The number of rotatable bonds is 3. The van der Waals surface area contributed by atoms with Gasteiger partial charge in [0.2, 0.25) is 5.91 Å². The SMILES string of the molecule is NC(=O)Cn1cnc2ccn(-c3ccc(Cl)cc3)c2c1=O. The van der Waals surface area contributed by atoms with Crippen LogP contribution < -0.4 is 11.3 Å². The van der Waals surface area contributed by atoms with E-state index in [1.54, 1.807) is 41.1 Å². The van der Waals surface area contributed by atoms with Gasteiger partial charge in [-0.25, -0.2) is 4.98 Å². The fourth-order valence-electron chi connectivity index (χ4n) is 2.16. The molecule has 0 unspecified atom stereocenters. The lowest BCUT2D eigenvalue weighted by atomic mass is 10.3. The van der Waals surface area contributed by atoms with Gasteiger partial charge in [0.1, 0.15) is 12.1 Å². The van der Waals surface area contributed by atoms with Crippen LogP contribution in [0.15, 0.2) is 47.7 Å². The maximum Gasteiger partial charge on any atom is 0.278 e. The Bertz CT molecular complexity index is 880. The topological polar surface area (TPSA) is 82.9 Å². The second-order valence-corrected chi connectivity index (χ2v) is 4.98. The minimum Gasteiger partial charge on any atom is -0.368 e. The molecule has 0 aliphatic rings. The lowest BCUT2D eigenvalue weighted by Gasteiger charge is -2.07. The minimum absolute atomic E-state index is 0.201. The predicted molar refractivity (Wildman–Crippen MR) is 79.5 cm³/mol. The van der Waals surface area contributed by atoms with Crippen LogP contribution in [0.1, 0.15) is 0 Å².